The fourth-order valence-corrected chi connectivity index (χ4v) is 1.45. The van der Waals surface area contributed by atoms with Crippen molar-refractivity contribution >= 4 is 12.0 Å². The smallest absolute Gasteiger partial charge is 0.325 e. The predicted molar refractivity (Wildman–Crippen MR) is 67.9 cm³/mol. The number of amides is 2. The monoisotopic (exact) mass is 268 g/mol. The van der Waals surface area contributed by atoms with E-state index in [9.17, 15) is 14.0 Å². The Morgan fingerprint density at radius 2 is 2.05 bits per heavy atom. The van der Waals surface area contributed by atoms with Gasteiger partial charge in [0.2, 0.25) is 0 Å². The maximum atomic E-state index is 13.4. The third-order valence-electron chi connectivity index (χ3n) is 2.40. The van der Waals surface area contributed by atoms with Crippen molar-refractivity contribution in [2.75, 3.05) is 20.2 Å². The first-order chi connectivity index (χ1) is 9.04. The van der Waals surface area contributed by atoms with Crippen LogP contribution >= 0.6 is 0 Å². The SMILES string of the molecule is CCOC(=O)CNC(=O)N(C)Cc1ccccc1F. The first kappa shape index (κ1) is 14.9. The van der Waals surface area contributed by atoms with E-state index in [4.69, 9.17) is 0 Å². The number of rotatable bonds is 5. The van der Waals surface area contributed by atoms with Crippen LogP contribution < -0.4 is 5.32 Å². The van der Waals surface area contributed by atoms with Crippen LogP contribution in [0, 0.1) is 5.82 Å². The molecule has 0 saturated heterocycles. The second kappa shape index (κ2) is 7.35. The van der Waals surface area contributed by atoms with Gasteiger partial charge in [0.15, 0.2) is 0 Å². The first-order valence-corrected chi connectivity index (χ1v) is 5.92. The van der Waals surface area contributed by atoms with Gasteiger partial charge in [0, 0.05) is 19.2 Å². The molecule has 0 heterocycles. The molecule has 0 atom stereocenters. The molecule has 104 valence electrons. The van der Waals surface area contributed by atoms with Crippen molar-refractivity contribution in [2.24, 2.45) is 0 Å². The summed E-state index contributed by atoms with van der Waals surface area (Å²) in [6, 6.07) is 5.75. The molecule has 0 saturated carbocycles. The Balaban J connectivity index is 2.45. The topological polar surface area (TPSA) is 58.6 Å². The van der Waals surface area contributed by atoms with Crippen LogP contribution in [0.1, 0.15) is 12.5 Å². The molecule has 0 aliphatic rings. The lowest BCUT2D eigenvalue weighted by Crippen LogP contribution is -2.40. The zero-order valence-electron chi connectivity index (χ0n) is 11.0. The molecule has 0 aromatic heterocycles. The number of hydrogen-bond acceptors (Lipinski definition) is 3. The summed E-state index contributed by atoms with van der Waals surface area (Å²) in [5.74, 6) is -0.873. The van der Waals surface area contributed by atoms with Crippen molar-refractivity contribution in [3.05, 3.63) is 35.6 Å². The van der Waals surface area contributed by atoms with E-state index in [1.54, 1.807) is 25.1 Å². The lowest BCUT2D eigenvalue weighted by Gasteiger charge is -2.18. The van der Waals surface area contributed by atoms with Gasteiger partial charge in [0.25, 0.3) is 0 Å². The van der Waals surface area contributed by atoms with E-state index in [0.717, 1.165) is 0 Å². The molecule has 5 nitrogen and oxygen atoms in total. The van der Waals surface area contributed by atoms with E-state index in [-0.39, 0.29) is 25.5 Å². The quantitative estimate of drug-likeness (QED) is 0.824. The van der Waals surface area contributed by atoms with E-state index in [1.165, 1.54) is 18.0 Å². The minimum absolute atomic E-state index is 0.126. The molecule has 1 aromatic rings. The van der Waals surface area contributed by atoms with Gasteiger partial charge in [-0.1, -0.05) is 18.2 Å². The Bertz CT molecular complexity index is 451. The van der Waals surface area contributed by atoms with Crippen molar-refractivity contribution in [1.29, 1.82) is 0 Å². The highest BCUT2D eigenvalue weighted by Crippen LogP contribution is 2.08. The van der Waals surface area contributed by atoms with Crippen molar-refractivity contribution < 1.29 is 18.7 Å². The highest BCUT2D eigenvalue weighted by Gasteiger charge is 2.12. The van der Waals surface area contributed by atoms with Crippen molar-refractivity contribution in [3.8, 4) is 0 Å². The molecule has 2 amide bonds. The molecular formula is C13H17FN2O3. The molecule has 0 aliphatic heterocycles. The number of benzene rings is 1. The van der Waals surface area contributed by atoms with E-state index in [0.29, 0.717) is 5.56 Å². The average Bonchev–Trinajstić information content (AvgIpc) is 2.39. The highest BCUT2D eigenvalue weighted by molar-refractivity contribution is 5.80. The lowest BCUT2D eigenvalue weighted by atomic mass is 10.2. The maximum absolute atomic E-state index is 13.4. The molecule has 0 radical (unpaired) electrons. The summed E-state index contributed by atoms with van der Waals surface area (Å²) >= 11 is 0. The zero-order valence-corrected chi connectivity index (χ0v) is 11.0. The number of halogens is 1. The maximum Gasteiger partial charge on any atom is 0.325 e. The molecule has 1 aromatic carbocycles. The average molecular weight is 268 g/mol. The molecule has 1 N–H and O–H groups in total. The Kier molecular flexibility index (Phi) is 5.78. The van der Waals surface area contributed by atoms with E-state index in [1.807, 2.05) is 0 Å². The van der Waals surface area contributed by atoms with Gasteiger partial charge in [-0.2, -0.15) is 0 Å². The summed E-state index contributed by atoms with van der Waals surface area (Å²) in [6.07, 6.45) is 0. The molecule has 19 heavy (non-hydrogen) atoms. The van der Waals surface area contributed by atoms with Crippen molar-refractivity contribution in [1.82, 2.24) is 10.2 Å². The van der Waals surface area contributed by atoms with Crippen molar-refractivity contribution in [3.63, 3.8) is 0 Å². The summed E-state index contributed by atoms with van der Waals surface area (Å²) < 4.78 is 18.1. The van der Waals surface area contributed by atoms with Gasteiger partial charge in [0.1, 0.15) is 12.4 Å². The number of ether oxygens (including phenoxy) is 1. The number of carbonyl (C=O) groups is 2. The minimum Gasteiger partial charge on any atom is -0.465 e. The molecule has 6 heteroatoms. The summed E-state index contributed by atoms with van der Waals surface area (Å²) in [7, 11) is 1.52. The number of nitrogens with zero attached hydrogens (tertiary/aromatic N) is 1. The van der Waals surface area contributed by atoms with Crippen LogP contribution in [0.5, 0.6) is 0 Å². The lowest BCUT2D eigenvalue weighted by molar-refractivity contribution is -0.141. The fourth-order valence-electron chi connectivity index (χ4n) is 1.45. The second-order valence-electron chi connectivity index (χ2n) is 3.91. The fraction of sp³-hybridized carbons (Fsp3) is 0.385. The molecule has 0 spiro atoms. The summed E-state index contributed by atoms with van der Waals surface area (Å²) in [6.45, 7) is 1.87. The van der Waals surface area contributed by atoms with Gasteiger partial charge in [-0.3, -0.25) is 4.79 Å². The number of carbonyl (C=O) groups excluding carboxylic acids is 2. The van der Waals surface area contributed by atoms with Crippen LogP contribution in [0.15, 0.2) is 24.3 Å². The Hall–Kier alpha value is -2.11. The summed E-state index contributed by atoms with van der Waals surface area (Å²) in [5, 5.41) is 2.40. The van der Waals surface area contributed by atoms with Crippen LogP contribution in [-0.2, 0) is 16.1 Å². The number of esters is 1. The van der Waals surface area contributed by atoms with Gasteiger partial charge >= 0.3 is 12.0 Å². The highest BCUT2D eigenvalue weighted by atomic mass is 19.1. The van der Waals surface area contributed by atoms with Gasteiger partial charge in [-0.05, 0) is 13.0 Å². The van der Waals surface area contributed by atoms with E-state index in [2.05, 4.69) is 10.1 Å². The number of nitrogens with one attached hydrogen (secondary N) is 1. The molecule has 0 bridgehead atoms. The van der Waals surface area contributed by atoms with Crippen LogP contribution in [0.3, 0.4) is 0 Å². The van der Waals surface area contributed by atoms with Crippen LogP contribution in [0.2, 0.25) is 0 Å². The Labute approximate surface area is 111 Å². The molecule has 0 fully saturated rings. The van der Waals surface area contributed by atoms with E-state index >= 15 is 0 Å². The predicted octanol–water partition coefficient (Wildman–Crippen LogP) is 1.53. The van der Waals surface area contributed by atoms with Gasteiger partial charge < -0.3 is 15.0 Å². The van der Waals surface area contributed by atoms with E-state index < -0.39 is 12.0 Å². The normalized spacial score (nSPS) is 9.84. The molecule has 0 aliphatic carbocycles. The largest absolute Gasteiger partial charge is 0.465 e. The number of urea groups is 1. The Morgan fingerprint density at radius 3 is 2.68 bits per heavy atom. The summed E-state index contributed by atoms with van der Waals surface area (Å²) in [5.41, 5.74) is 0.413. The summed E-state index contributed by atoms with van der Waals surface area (Å²) in [4.78, 5) is 24.0. The van der Waals surface area contributed by atoms with Crippen molar-refractivity contribution in [2.45, 2.75) is 13.5 Å². The Morgan fingerprint density at radius 1 is 1.37 bits per heavy atom. The van der Waals surface area contributed by atoms with Crippen LogP contribution in [-0.4, -0.2) is 37.1 Å². The van der Waals surface area contributed by atoms with Gasteiger partial charge in [-0.15, -0.1) is 0 Å². The molecule has 1 rings (SSSR count). The third-order valence-corrected chi connectivity index (χ3v) is 2.40. The third kappa shape index (κ3) is 4.95. The van der Waals surface area contributed by atoms with Gasteiger partial charge in [-0.25, -0.2) is 9.18 Å². The molecular weight excluding hydrogens is 251 g/mol. The van der Waals surface area contributed by atoms with Crippen LogP contribution in [0.25, 0.3) is 0 Å². The second-order valence-corrected chi connectivity index (χ2v) is 3.91. The minimum atomic E-state index is -0.504. The number of hydrogen-bond donors (Lipinski definition) is 1. The standard InChI is InChI=1S/C13H17FN2O3/c1-3-19-12(17)8-15-13(18)16(2)9-10-6-4-5-7-11(10)14/h4-7H,3,8-9H2,1-2H3,(H,15,18). The van der Waals surface area contributed by atoms with Crippen LogP contribution in [0.4, 0.5) is 9.18 Å². The zero-order chi connectivity index (χ0) is 14.3. The first-order valence-electron chi connectivity index (χ1n) is 5.92. The molecule has 0 unspecified atom stereocenters. The van der Waals surface area contributed by atoms with Gasteiger partial charge in [0.05, 0.1) is 6.61 Å².